The Morgan fingerprint density at radius 1 is 1.38 bits per heavy atom. The molecule has 3 N–H and O–H groups in total. The lowest BCUT2D eigenvalue weighted by Gasteiger charge is -2.22. The van der Waals surface area contributed by atoms with Gasteiger partial charge in [-0.05, 0) is 37.8 Å². The van der Waals surface area contributed by atoms with E-state index in [9.17, 15) is 0 Å². The van der Waals surface area contributed by atoms with Crippen LogP contribution in [0, 0.1) is 6.92 Å². The maximum absolute atomic E-state index is 6.06. The highest BCUT2D eigenvalue weighted by molar-refractivity contribution is 5.70. The van der Waals surface area contributed by atoms with E-state index in [4.69, 9.17) is 10.5 Å². The highest BCUT2D eigenvalue weighted by Gasteiger charge is 2.40. The lowest BCUT2D eigenvalue weighted by atomic mass is 9.95. The first-order valence-corrected chi connectivity index (χ1v) is 6.01. The Morgan fingerprint density at radius 2 is 2.25 bits per heavy atom. The predicted octanol–water partition coefficient (Wildman–Crippen LogP) is 2.31. The fourth-order valence-electron chi connectivity index (χ4n) is 2.80. The molecule has 3 heteroatoms. The van der Waals surface area contributed by atoms with Gasteiger partial charge in [0.1, 0.15) is 0 Å². The van der Waals surface area contributed by atoms with Gasteiger partial charge < -0.3 is 15.8 Å². The third-order valence-corrected chi connectivity index (χ3v) is 3.77. The van der Waals surface area contributed by atoms with E-state index in [1.807, 2.05) is 25.1 Å². The number of para-hydroxylation sites is 1. The van der Waals surface area contributed by atoms with Crippen LogP contribution in [0.1, 0.15) is 24.8 Å². The van der Waals surface area contributed by atoms with E-state index >= 15 is 0 Å². The topological polar surface area (TPSA) is 47.3 Å². The summed E-state index contributed by atoms with van der Waals surface area (Å²) < 4.78 is 5.82. The molecule has 1 aromatic rings. The van der Waals surface area contributed by atoms with Gasteiger partial charge in [-0.25, -0.2) is 0 Å². The summed E-state index contributed by atoms with van der Waals surface area (Å²) in [5, 5.41) is 3.53. The molecule has 3 unspecified atom stereocenters. The molecule has 2 saturated heterocycles. The first-order valence-electron chi connectivity index (χ1n) is 6.01. The summed E-state index contributed by atoms with van der Waals surface area (Å²) in [5.74, 6) is 0. The number of hydrogen-bond acceptors (Lipinski definition) is 3. The number of anilines is 2. The van der Waals surface area contributed by atoms with Crippen LogP contribution in [0.3, 0.4) is 0 Å². The smallest absolute Gasteiger partial charge is 0.0781 e. The molecule has 0 amide bonds. The van der Waals surface area contributed by atoms with E-state index in [-0.39, 0.29) is 0 Å². The Kier molecular flexibility index (Phi) is 2.28. The molecule has 2 aliphatic rings. The Balaban J connectivity index is 1.77. The van der Waals surface area contributed by atoms with Crippen LogP contribution in [0.4, 0.5) is 11.4 Å². The summed E-state index contributed by atoms with van der Waals surface area (Å²) in [6.07, 6.45) is 4.41. The van der Waals surface area contributed by atoms with Crippen molar-refractivity contribution >= 4 is 11.4 Å². The van der Waals surface area contributed by atoms with Crippen LogP contribution in [-0.4, -0.2) is 18.2 Å². The molecule has 1 aromatic carbocycles. The lowest BCUT2D eigenvalue weighted by Crippen LogP contribution is -2.30. The van der Waals surface area contributed by atoms with Crippen LogP contribution in [0.15, 0.2) is 18.2 Å². The molecule has 2 heterocycles. The highest BCUT2D eigenvalue weighted by atomic mass is 16.5. The molecular weight excluding hydrogens is 200 g/mol. The van der Waals surface area contributed by atoms with Gasteiger partial charge in [-0.1, -0.05) is 12.1 Å². The van der Waals surface area contributed by atoms with Crippen molar-refractivity contribution in [2.75, 3.05) is 11.1 Å². The molecule has 0 radical (unpaired) electrons. The average molecular weight is 218 g/mol. The first-order chi connectivity index (χ1) is 7.74. The zero-order valence-corrected chi connectivity index (χ0v) is 9.57. The van der Waals surface area contributed by atoms with E-state index in [0.717, 1.165) is 23.4 Å². The van der Waals surface area contributed by atoms with Crippen molar-refractivity contribution in [3.8, 4) is 0 Å². The van der Waals surface area contributed by atoms with Crippen molar-refractivity contribution in [3.63, 3.8) is 0 Å². The SMILES string of the molecule is Cc1cccc(NC2CC3CCC2O3)c1N. The molecule has 2 aliphatic heterocycles. The van der Waals surface area contributed by atoms with Gasteiger partial charge in [-0.2, -0.15) is 0 Å². The number of nitrogens with one attached hydrogen (secondary N) is 1. The number of ether oxygens (including phenoxy) is 1. The molecule has 0 aromatic heterocycles. The Bertz CT molecular complexity index is 405. The minimum absolute atomic E-state index is 0.393. The van der Waals surface area contributed by atoms with Crippen molar-refractivity contribution in [3.05, 3.63) is 23.8 Å². The highest BCUT2D eigenvalue weighted by Crippen LogP contribution is 2.37. The fraction of sp³-hybridized carbons (Fsp3) is 0.538. The maximum atomic E-state index is 6.06. The molecule has 2 bridgehead atoms. The summed E-state index contributed by atoms with van der Waals surface area (Å²) >= 11 is 0. The van der Waals surface area contributed by atoms with Gasteiger partial charge in [0.25, 0.3) is 0 Å². The van der Waals surface area contributed by atoms with Crippen molar-refractivity contribution in [2.24, 2.45) is 0 Å². The Morgan fingerprint density at radius 3 is 2.94 bits per heavy atom. The van der Waals surface area contributed by atoms with Crippen LogP contribution in [0.25, 0.3) is 0 Å². The molecule has 2 fully saturated rings. The maximum Gasteiger partial charge on any atom is 0.0781 e. The fourth-order valence-corrected chi connectivity index (χ4v) is 2.80. The molecule has 3 atom stereocenters. The van der Waals surface area contributed by atoms with Crippen molar-refractivity contribution in [1.82, 2.24) is 0 Å². The number of aryl methyl sites for hydroxylation is 1. The zero-order chi connectivity index (χ0) is 11.1. The monoisotopic (exact) mass is 218 g/mol. The van der Waals surface area contributed by atoms with Crippen LogP contribution in [0.5, 0.6) is 0 Å². The first kappa shape index (κ1) is 9.97. The van der Waals surface area contributed by atoms with Gasteiger partial charge in [0.05, 0.1) is 29.6 Å². The number of fused-ring (bicyclic) bond motifs is 2. The number of rotatable bonds is 2. The number of hydrogen-bond donors (Lipinski definition) is 2. The van der Waals surface area contributed by atoms with Crippen LogP contribution in [-0.2, 0) is 4.74 Å². The van der Waals surface area contributed by atoms with E-state index in [1.54, 1.807) is 0 Å². The van der Waals surface area contributed by atoms with Gasteiger partial charge in [0.2, 0.25) is 0 Å². The third-order valence-electron chi connectivity index (χ3n) is 3.77. The van der Waals surface area contributed by atoms with Gasteiger partial charge in [-0.15, -0.1) is 0 Å². The molecule has 3 nitrogen and oxygen atoms in total. The standard InChI is InChI=1S/C13H18N2O/c1-8-3-2-4-10(13(8)14)15-11-7-9-5-6-12(11)16-9/h2-4,9,11-12,15H,5-7,14H2,1H3. The number of nitrogen functional groups attached to an aromatic ring is 1. The van der Waals surface area contributed by atoms with Crippen LogP contribution in [0.2, 0.25) is 0 Å². The Labute approximate surface area is 96.0 Å². The molecule has 86 valence electrons. The summed E-state index contributed by atoms with van der Waals surface area (Å²) in [4.78, 5) is 0. The van der Waals surface area contributed by atoms with Gasteiger partial charge in [0.15, 0.2) is 0 Å². The molecule has 16 heavy (non-hydrogen) atoms. The quantitative estimate of drug-likeness (QED) is 0.749. The minimum Gasteiger partial charge on any atom is -0.397 e. The van der Waals surface area contributed by atoms with Crippen LogP contribution < -0.4 is 11.1 Å². The third kappa shape index (κ3) is 1.55. The van der Waals surface area contributed by atoms with E-state index < -0.39 is 0 Å². The molecule has 3 rings (SSSR count). The van der Waals surface area contributed by atoms with Gasteiger partial charge in [-0.3, -0.25) is 0 Å². The normalized spacial score (nSPS) is 31.9. The molecular formula is C13H18N2O. The number of benzene rings is 1. The average Bonchev–Trinajstić information content (AvgIpc) is 2.86. The minimum atomic E-state index is 0.393. The van der Waals surface area contributed by atoms with Crippen molar-refractivity contribution < 1.29 is 4.74 Å². The summed E-state index contributed by atoms with van der Waals surface area (Å²) in [6, 6.07) is 6.58. The zero-order valence-electron chi connectivity index (χ0n) is 9.57. The molecule has 0 aliphatic carbocycles. The van der Waals surface area contributed by atoms with Crippen molar-refractivity contribution in [2.45, 2.75) is 44.4 Å². The Hall–Kier alpha value is -1.22. The number of nitrogens with two attached hydrogens (primary N) is 1. The van der Waals surface area contributed by atoms with Crippen molar-refractivity contribution in [1.29, 1.82) is 0 Å². The molecule has 0 spiro atoms. The van der Waals surface area contributed by atoms with E-state index in [0.29, 0.717) is 18.2 Å². The van der Waals surface area contributed by atoms with Crippen LogP contribution >= 0.6 is 0 Å². The van der Waals surface area contributed by atoms with E-state index in [1.165, 1.54) is 12.8 Å². The summed E-state index contributed by atoms with van der Waals surface area (Å²) in [7, 11) is 0. The second kappa shape index (κ2) is 3.67. The lowest BCUT2D eigenvalue weighted by molar-refractivity contribution is 0.102. The predicted molar refractivity (Wildman–Crippen MR) is 65.5 cm³/mol. The van der Waals surface area contributed by atoms with Gasteiger partial charge >= 0.3 is 0 Å². The molecule has 0 saturated carbocycles. The van der Waals surface area contributed by atoms with E-state index in [2.05, 4.69) is 5.32 Å². The summed E-state index contributed by atoms with van der Waals surface area (Å²) in [5.41, 5.74) is 9.11. The second-order valence-electron chi connectivity index (χ2n) is 4.90. The van der Waals surface area contributed by atoms with Gasteiger partial charge in [0, 0.05) is 0 Å². The largest absolute Gasteiger partial charge is 0.397 e. The summed E-state index contributed by atoms with van der Waals surface area (Å²) in [6.45, 7) is 2.04. The second-order valence-corrected chi connectivity index (χ2v) is 4.90.